The van der Waals surface area contributed by atoms with Crippen molar-refractivity contribution in [2.75, 3.05) is 5.32 Å². The van der Waals surface area contributed by atoms with E-state index in [1.807, 2.05) is 0 Å². The molecule has 1 saturated carbocycles. The van der Waals surface area contributed by atoms with Gasteiger partial charge in [-0.25, -0.2) is 9.38 Å². The summed E-state index contributed by atoms with van der Waals surface area (Å²) in [6.45, 7) is 0. The van der Waals surface area contributed by atoms with E-state index in [1.54, 1.807) is 6.07 Å². The van der Waals surface area contributed by atoms with Gasteiger partial charge in [-0.3, -0.25) is 4.72 Å². The summed E-state index contributed by atoms with van der Waals surface area (Å²) in [7, 11) is 0. The second-order valence-electron chi connectivity index (χ2n) is 4.39. The molecule has 1 aliphatic heterocycles. The van der Waals surface area contributed by atoms with E-state index in [9.17, 15) is 4.39 Å². The van der Waals surface area contributed by atoms with Crippen molar-refractivity contribution in [3.05, 3.63) is 24.0 Å². The van der Waals surface area contributed by atoms with Gasteiger partial charge in [-0.1, -0.05) is 12.8 Å². The van der Waals surface area contributed by atoms with E-state index in [4.69, 9.17) is 0 Å². The van der Waals surface area contributed by atoms with Crippen LogP contribution in [0.4, 0.5) is 10.1 Å². The van der Waals surface area contributed by atoms with Crippen molar-refractivity contribution in [2.45, 2.75) is 36.6 Å². The zero-order valence-electron chi connectivity index (χ0n) is 9.37. The van der Waals surface area contributed by atoms with Crippen LogP contribution in [0, 0.1) is 5.82 Å². The number of aliphatic imine (C=N–C) groups is 1. The maximum Gasteiger partial charge on any atom is 0.206 e. The van der Waals surface area contributed by atoms with Gasteiger partial charge in [0.25, 0.3) is 0 Å². The van der Waals surface area contributed by atoms with Crippen LogP contribution in [-0.4, -0.2) is 12.0 Å². The summed E-state index contributed by atoms with van der Waals surface area (Å²) in [4.78, 5) is 5.51. The third-order valence-corrected chi connectivity index (χ3v) is 3.94. The highest BCUT2D eigenvalue weighted by molar-refractivity contribution is 7.98. The van der Waals surface area contributed by atoms with Gasteiger partial charge in [0.1, 0.15) is 5.82 Å². The van der Waals surface area contributed by atoms with Crippen molar-refractivity contribution in [3.63, 3.8) is 0 Å². The first-order valence-corrected chi connectivity index (χ1v) is 6.70. The monoisotopic (exact) mass is 251 g/mol. The topological polar surface area (TPSA) is 36.4 Å². The number of nitrogens with zero attached hydrogens (tertiary/aromatic N) is 1. The Morgan fingerprint density at radius 3 is 2.94 bits per heavy atom. The van der Waals surface area contributed by atoms with E-state index in [1.165, 1.54) is 49.8 Å². The van der Waals surface area contributed by atoms with Gasteiger partial charge in [-0.2, -0.15) is 0 Å². The fourth-order valence-electron chi connectivity index (χ4n) is 2.21. The fourth-order valence-corrected chi connectivity index (χ4v) is 2.93. The van der Waals surface area contributed by atoms with E-state index in [0.717, 1.165) is 16.5 Å². The zero-order chi connectivity index (χ0) is 11.7. The molecule has 17 heavy (non-hydrogen) atoms. The molecule has 0 radical (unpaired) electrons. The molecule has 90 valence electrons. The Kier molecular flexibility index (Phi) is 2.93. The molecule has 5 heteroatoms. The number of rotatable bonds is 1. The van der Waals surface area contributed by atoms with Crippen LogP contribution in [0.5, 0.6) is 0 Å². The lowest BCUT2D eigenvalue weighted by atomic mass is 10.3. The summed E-state index contributed by atoms with van der Waals surface area (Å²) in [5.74, 6) is 0.581. The van der Waals surface area contributed by atoms with Crippen LogP contribution < -0.4 is 10.0 Å². The summed E-state index contributed by atoms with van der Waals surface area (Å²) < 4.78 is 16.1. The maximum atomic E-state index is 13.0. The molecule has 0 spiro atoms. The average molecular weight is 251 g/mol. The van der Waals surface area contributed by atoms with Gasteiger partial charge >= 0.3 is 0 Å². The number of fused-ring (bicyclic) bond motifs is 1. The molecule has 0 unspecified atom stereocenters. The Morgan fingerprint density at radius 2 is 2.12 bits per heavy atom. The largest absolute Gasteiger partial charge is 0.325 e. The second kappa shape index (κ2) is 4.56. The van der Waals surface area contributed by atoms with Gasteiger partial charge in [0, 0.05) is 0 Å². The number of benzene rings is 1. The number of halogens is 1. The van der Waals surface area contributed by atoms with Crippen LogP contribution in [0.25, 0.3) is 0 Å². The Hall–Kier alpha value is -1.23. The molecule has 2 N–H and O–H groups in total. The average Bonchev–Trinajstić information content (AvgIpc) is 2.82. The third kappa shape index (κ3) is 2.39. The van der Waals surface area contributed by atoms with E-state index >= 15 is 0 Å². The molecular weight excluding hydrogens is 237 g/mol. The lowest BCUT2D eigenvalue weighted by Gasteiger charge is -2.21. The van der Waals surface area contributed by atoms with Gasteiger partial charge in [0.2, 0.25) is 5.96 Å². The van der Waals surface area contributed by atoms with Crippen LogP contribution >= 0.6 is 11.9 Å². The van der Waals surface area contributed by atoms with Crippen molar-refractivity contribution in [1.29, 1.82) is 0 Å². The molecule has 0 bridgehead atoms. The third-order valence-electron chi connectivity index (χ3n) is 3.09. The number of hydrogen-bond donors (Lipinski definition) is 2. The van der Waals surface area contributed by atoms with Crippen molar-refractivity contribution < 1.29 is 4.39 Å². The summed E-state index contributed by atoms with van der Waals surface area (Å²) in [6.07, 6.45) is 4.90. The number of anilines is 1. The van der Waals surface area contributed by atoms with Crippen LogP contribution in [0.2, 0.25) is 0 Å². The molecule has 3 rings (SSSR count). The first kappa shape index (κ1) is 10.9. The lowest BCUT2D eigenvalue weighted by Crippen LogP contribution is -2.30. The van der Waals surface area contributed by atoms with Crippen molar-refractivity contribution in [1.82, 2.24) is 4.72 Å². The summed E-state index contributed by atoms with van der Waals surface area (Å²) in [5.41, 5.74) is 0.923. The Bertz CT molecular complexity index is 455. The molecule has 3 nitrogen and oxygen atoms in total. The first-order chi connectivity index (χ1) is 8.31. The molecule has 1 aromatic rings. The fraction of sp³-hybridized carbons (Fsp3) is 0.417. The minimum atomic E-state index is -0.212. The minimum Gasteiger partial charge on any atom is -0.325 e. The molecule has 1 aliphatic carbocycles. The molecule has 0 aromatic heterocycles. The highest BCUT2D eigenvalue weighted by atomic mass is 32.2. The van der Waals surface area contributed by atoms with Gasteiger partial charge in [-0.15, -0.1) is 0 Å². The molecular formula is C12H14FN3S. The van der Waals surface area contributed by atoms with Gasteiger partial charge in [0.05, 0.1) is 16.6 Å². The number of nitrogens with one attached hydrogen (secondary N) is 2. The van der Waals surface area contributed by atoms with Crippen molar-refractivity contribution >= 4 is 23.6 Å². The highest BCUT2D eigenvalue weighted by Crippen LogP contribution is 2.30. The second-order valence-corrected chi connectivity index (χ2v) is 5.23. The quantitative estimate of drug-likeness (QED) is 0.753. The molecule has 0 amide bonds. The van der Waals surface area contributed by atoms with Gasteiger partial charge in [-0.05, 0) is 43.0 Å². The van der Waals surface area contributed by atoms with Crippen molar-refractivity contribution in [3.8, 4) is 0 Å². The maximum absolute atomic E-state index is 13.0. The smallest absolute Gasteiger partial charge is 0.206 e. The Morgan fingerprint density at radius 1 is 1.29 bits per heavy atom. The minimum absolute atomic E-state index is 0.212. The highest BCUT2D eigenvalue weighted by Gasteiger charge is 2.18. The zero-order valence-corrected chi connectivity index (χ0v) is 10.2. The molecule has 2 aliphatic rings. The molecule has 0 atom stereocenters. The van der Waals surface area contributed by atoms with Crippen LogP contribution in [0.1, 0.15) is 25.7 Å². The molecule has 0 saturated heterocycles. The van der Waals surface area contributed by atoms with E-state index in [-0.39, 0.29) is 5.82 Å². The van der Waals surface area contributed by atoms with E-state index in [2.05, 4.69) is 15.0 Å². The normalized spacial score (nSPS) is 22.1. The Balaban J connectivity index is 1.78. The van der Waals surface area contributed by atoms with Crippen LogP contribution in [0.15, 0.2) is 28.1 Å². The SMILES string of the molecule is Fc1ccc2c(c1)SNC(=NC1CCCC1)N2. The predicted octanol–water partition coefficient (Wildman–Crippen LogP) is 3.15. The number of hydrogen-bond acceptors (Lipinski definition) is 2. The molecule has 1 aromatic carbocycles. The van der Waals surface area contributed by atoms with Gasteiger partial charge < -0.3 is 5.32 Å². The Labute approximate surface area is 104 Å². The lowest BCUT2D eigenvalue weighted by molar-refractivity contribution is 0.624. The van der Waals surface area contributed by atoms with Gasteiger partial charge in [0.15, 0.2) is 0 Å². The molecule has 1 fully saturated rings. The predicted molar refractivity (Wildman–Crippen MR) is 68.7 cm³/mol. The number of guanidine groups is 1. The van der Waals surface area contributed by atoms with E-state index in [0.29, 0.717) is 6.04 Å². The summed E-state index contributed by atoms with van der Waals surface area (Å²) in [5, 5.41) is 3.20. The van der Waals surface area contributed by atoms with Crippen LogP contribution in [-0.2, 0) is 0 Å². The summed E-state index contributed by atoms with van der Waals surface area (Å²) >= 11 is 1.41. The standard InChI is InChI=1S/C12H14FN3S/c13-8-5-6-10-11(7-8)17-16-12(15-10)14-9-3-1-2-4-9/h5-7,9H,1-4H2,(H2,14,15,16). The van der Waals surface area contributed by atoms with E-state index < -0.39 is 0 Å². The van der Waals surface area contributed by atoms with Crippen LogP contribution in [0.3, 0.4) is 0 Å². The van der Waals surface area contributed by atoms with Crippen molar-refractivity contribution in [2.24, 2.45) is 4.99 Å². The first-order valence-electron chi connectivity index (χ1n) is 5.88. The molecule has 1 heterocycles. The summed E-state index contributed by atoms with van der Waals surface area (Å²) in [6, 6.07) is 5.17.